The number of nitrogens with zero attached hydrogens (tertiary/aromatic N) is 2. The molecule has 120 valence electrons. The highest BCUT2D eigenvalue weighted by Gasteiger charge is 2.15. The van der Waals surface area contributed by atoms with Gasteiger partial charge in [0.1, 0.15) is 0 Å². The van der Waals surface area contributed by atoms with Crippen molar-refractivity contribution in [2.75, 3.05) is 5.73 Å². The molecule has 0 amide bonds. The predicted molar refractivity (Wildman–Crippen MR) is 87.9 cm³/mol. The van der Waals surface area contributed by atoms with Crippen LogP contribution in [0, 0.1) is 0 Å². The number of rotatable bonds is 3. The number of azo groups is 1. The van der Waals surface area contributed by atoms with Gasteiger partial charge in [0.05, 0.1) is 16.3 Å². The summed E-state index contributed by atoms with van der Waals surface area (Å²) < 4.78 is 31.0. The molecule has 3 rings (SSSR count). The Hall–Kier alpha value is -2.25. The standard InChI is InChI=1S/C16H17N3O3S/c17-15-9-10-16(14-4-2-1-3-13(14)15)19-18-11-5-7-12(8-6-11)23(20,21)22/h5-10H,1-4,17H2,(H,20,21,22). The van der Waals surface area contributed by atoms with Gasteiger partial charge in [-0.3, -0.25) is 4.55 Å². The first-order valence-corrected chi connectivity index (χ1v) is 8.79. The lowest BCUT2D eigenvalue weighted by atomic mass is 9.89. The Morgan fingerprint density at radius 2 is 1.57 bits per heavy atom. The summed E-state index contributed by atoms with van der Waals surface area (Å²) in [5.74, 6) is 0. The number of anilines is 1. The van der Waals surface area contributed by atoms with Gasteiger partial charge in [-0.2, -0.15) is 18.6 Å². The second-order valence-corrected chi connectivity index (χ2v) is 6.93. The van der Waals surface area contributed by atoms with E-state index in [9.17, 15) is 8.42 Å². The van der Waals surface area contributed by atoms with Crippen molar-refractivity contribution in [1.29, 1.82) is 0 Å². The lowest BCUT2D eigenvalue weighted by Gasteiger charge is -2.18. The summed E-state index contributed by atoms with van der Waals surface area (Å²) in [6.45, 7) is 0. The van der Waals surface area contributed by atoms with Crippen molar-refractivity contribution in [3.8, 4) is 0 Å². The molecule has 0 heterocycles. The Balaban J connectivity index is 1.89. The molecule has 0 fully saturated rings. The smallest absolute Gasteiger partial charge is 0.294 e. The van der Waals surface area contributed by atoms with Crippen LogP contribution in [-0.2, 0) is 23.0 Å². The molecule has 1 aliphatic carbocycles. The summed E-state index contributed by atoms with van der Waals surface area (Å²) in [6, 6.07) is 9.28. The summed E-state index contributed by atoms with van der Waals surface area (Å²) >= 11 is 0. The fourth-order valence-electron chi connectivity index (χ4n) is 2.77. The SMILES string of the molecule is Nc1ccc(N=Nc2ccc(S(=O)(=O)O)cc2)c2c1CCCC2. The maximum atomic E-state index is 11.0. The molecule has 2 aromatic carbocycles. The minimum absolute atomic E-state index is 0.165. The van der Waals surface area contributed by atoms with Crippen LogP contribution in [-0.4, -0.2) is 13.0 Å². The van der Waals surface area contributed by atoms with Crippen molar-refractivity contribution in [3.05, 3.63) is 47.5 Å². The van der Waals surface area contributed by atoms with E-state index in [1.807, 2.05) is 12.1 Å². The second kappa shape index (κ2) is 6.10. The van der Waals surface area contributed by atoms with Crippen molar-refractivity contribution in [1.82, 2.24) is 0 Å². The summed E-state index contributed by atoms with van der Waals surface area (Å²) in [6.07, 6.45) is 4.15. The Labute approximate surface area is 134 Å². The van der Waals surface area contributed by atoms with Crippen molar-refractivity contribution >= 4 is 27.2 Å². The average Bonchev–Trinajstić information content (AvgIpc) is 2.54. The van der Waals surface area contributed by atoms with Crippen LogP contribution in [0.3, 0.4) is 0 Å². The van der Waals surface area contributed by atoms with Crippen LogP contribution in [0.2, 0.25) is 0 Å². The first kappa shape index (κ1) is 15.6. The van der Waals surface area contributed by atoms with Crippen molar-refractivity contribution in [2.45, 2.75) is 30.6 Å². The number of benzene rings is 2. The first-order chi connectivity index (χ1) is 10.9. The molecule has 7 heteroatoms. The molecule has 0 bridgehead atoms. The van der Waals surface area contributed by atoms with Gasteiger partial charge in [-0.25, -0.2) is 0 Å². The molecule has 2 aromatic rings. The van der Waals surface area contributed by atoms with Crippen LogP contribution >= 0.6 is 0 Å². The molecule has 6 nitrogen and oxygen atoms in total. The minimum atomic E-state index is -4.19. The normalized spacial score (nSPS) is 14.8. The molecule has 1 aliphatic rings. The maximum Gasteiger partial charge on any atom is 0.294 e. The summed E-state index contributed by atoms with van der Waals surface area (Å²) in [7, 11) is -4.19. The number of nitrogens with two attached hydrogens (primary N) is 1. The minimum Gasteiger partial charge on any atom is -0.398 e. The molecule has 0 aromatic heterocycles. The van der Waals surface area contributed by atoms with Gasteiger partial charge in [-0.15, -0.1) is 0 Å². The average molecular weight is 331 g/mol. The molecule has 0 aliphatic heterocycles. The molecule has 3 N–H and O–H groups in total. The van der Waals surface area contributed by atoms with E-state index in [0.29, 0.717) is 5.69 Å². The van der Waals surface area contributed by atoms with Gasteiger partial charge in [0.25, 0.3) is 10.1 Å². The van der Waals surface area contributed by atoms with Gasteiger partial charge in [-0.05, 0) is 73.2 Å². The van der Waals surface area contributed by atoms with E-state index in [4.69, 9.17) is 10.3 Å². The fraction of sp³-hybridized carbons (Fsp3) is 0.250. The fourth-order valence-corrected chi connectivity index (χ4v) is 3.25. The van der Waals surface area contributed by atoms with Crippen molar-refractivity contribution < 1.29 is 13.0 Å². The lowest BCUT2D eigenvalue weighted by molar-refractivity contribution is 0.483. The highest BCUT2D eigenvalue weighted by molar-refractivity contribution is 7.85. The zero-order valence-corrected chi connectivity index (χ0v) is 13.3. The highest BCUT2D eigenvalue weighted by Crippen LogP contribution is 2.34. The number of hydrogen-bond acceptors (Lipinski definition) is 5. The Kier molecular flexibility index (Phi) is 4.14. The van der Waals surface area contributed by atoms with Gasteiger partial charge >= 0.3 is 0 Å². The maximum absolute atomic E-state index is 11.0. The van der Waals surface area contributed by atoms with Crippen LogP contribution in [0.25, 0.3) is 0 Å². The molecule has 0 saturated carbocycles. The van der Waals surface area contributed by atoms with Crippen molar-refractivity contribution in [3.63, 3.8) is 0 Å². The molecular weight excluding hydrogens is 314 g/mol. The molecular formula is C16H17N3O3S. The zero-order valence-electron chi connectivity index (χ0n) is 12.4. The van der Waals surface area contributed by atoms with Crippen LogP contribution in [0.15, 0.2) is 51.5 Å². The van der Waals surface area contributed by atoms with Crippen molar-refractivity contribution in [2.24, 2.45) is 10.2 Å². The quantitative estimate of drug-likeness (QED) is 0.507. The number of fused-ring (bicyclic) bond motifs is 1. The van der Waals surface area contributed by atoms with E-state index >= 15 is 0 Å². The Bertz CT molecular complexity index is 859. The number of hydrogen-bond donors (Lipinski definition) is 2. The summed E-state index contributed by atoms with van der Waals surface area (Å²) in [4.78, 5) is -0.165. The molecule has 0 radical (unpaired) electrons. The van der Waals surface area contributed by atoms with Gasteiger partial charge < -0.3 is 5.73 Å². The molecule has 0 spiro atoms. The van der Waals surface area contributed by atoms with E-state index in [-0.39, 0.29) is 4.90 Å². The van der Waals surface area contributed by atoms with Crippen LogP contribution in [0.4, 0.5) is 17.1 Å². The third kappa shape index (κ3) is 3.40. The topological polar surface area (TPSA) is 105 Å². The Morgan fingerprint density at radius 3 is 2.22 bits per heavy atom. The highest BCUT2D eigenvalue weighted by atomic mass is 32.2. The van der Waals surface area contributed by atoms with Crippen LogP contribution < -0.4 is 5.73 Å². The molecule has 23 heavy (non-hydrogen) atoms. The predicted octanol–water partition coefficient (Wildman–Crippen LogP) is 3.81. The Morgan fingerprint density at radius 1 is 0.913 bits per heavy atom. The van der Waals surface area contributed by atoms with Crippen LogP contribution in [0.5, 0.6) is 0 Å². The van der Waals surface area contributed by atoms with Crippen LogP contribution in [0.1, 0.15) is 24.0 Å². The molecule has 0 unspecified atom stereocenters. The molecule has 0 atom stereocenters. The monoisotopic (exact) mass is 331 g/mol. The summed E-state index contributed by atoms with van der Waals surface area (Å²) in [5.41, 5.74) is 10.4. The zero-order chi connectivity index (χ0) is 16.4. The first-order valence-electron chi connectivity index (χ1n) is 7.35. The third-order valence-electron chi connectivity index (χ3n) is 3.95. The van der Waals surface area contributed by atoms with Gasteiger partial charge in [0.2, 0.25) is 0 Å². The lowest BCUT2D eigenvalue weighted by Crippen LogP contribution is -2.06. The van der Waals surface area contributed by atoms with Gasteiger partial charge in [0.15, 0.2) is 0 Å². The second-order valence-electron chi connectivity index (χ2n) is 5.51. The van der Waals surface area contributed by atoms with E-state index in [1.54, 1.807) is 0 Å². The largest absolute Gasteiger partial charge is 0.398 e. The van der Waals surface area contributed by atoms with E-state index < -0.39 is 10.1 Å². The third-order valence-corrected chi connectivity index (χ3v) is 4.82. The molecule has 0 saturated heterocycles. The van der Waals surface area contributed by atoms with E-state index in [2.05, 4.69) is 10.2 Å². The van der Waals surface area contributed by atoms with Gasteiger partial charge in [0, 0.05) is 5.69 Å². The van der Waals surface area contributed by atoms with Gasteiger partial charge in [-0.1, -0.05) is 0 Å². The number of nitrogen functional groups attached to an aromatic ring is 1. The van der Waals surface area contributed by atoms with E-state index in [1.165, 1.54) is 24.3 Å². The van der Waals surface area contributed by atoms with E-state index in [0.717, 1.165) is 48.2 Å². The summed E-state index contributed by atoms with van der Waals surface area (Å²) in [5, 5.41) is 8.43.